The molecule has 0 saturated carbocycles. The first kappa shape index (κ1) is 13.6. The quantitative estimate of drug-likeness (QED) is 0.871. The van der Waals surface area contributed by atoms with E-state index in [9.17, 15) is 0 Å². The minimum absolute atomic E-state index is 0.616. The van der Waals surface area contributed by atoms with Gasteiger partial charge in [0.15, 0.2) is 0 Å². The normalized spacial score (nSPS) is 18.4. The summed E-state index contributed by atoms with van der Waals surface area (Å²) in [4.78, 5) is 6.95. The lowest BCUT2D eigenvalue weighted by Gasteiger charge is -2.31. The zero-order valence-electron chi connectivity index (χ0n) is 11.8. The van der Waals surface area contributed by atoms with Crippen LogP contribution >= 0.6 is 0 Å². The lowest BCUT2D eigenvalue weighted by molar-refractivity contribution is 0.195. The van der Waals surface area contributed by atoms with Crippen molar-refractivity contribution in [3.8, 4) is 0 Å². The number of hydrogen-bond donors (Lipinski definition) is 1. The fraction of sp³-hybridized carbons (Fsp3) is 0.786. The van der Waals surface area contributed by atoms with Crippen molar-refractivity contribution >= 4 is 0 Å². The van der Waals surface area contributed by atoms with Gasteiger partial charge in [-0.05, 0) is 52.7 Å². The van der Waals surface area contributed by atoms with Crippen molar-refractivity contribution in [3.63, 3.8) is 0 Å². The summed E-state index contributed by atoms with van der Waals surface area (Å²) >= 11 is 0. The fourth-order valence-electron chi connectivity index (χ4n) is 2.52. The van der Waals surface area contributed by atoms with Crippen LogP contribution in [0.2, 0.25) is 0 Å². The Kier molecular flexibility index (Phi) is 4.78. The Morgan fingerprint density at radius 3 is 2.61 bits per heavy atom. The molecule has 0 radical (unpaired) electrons. The highest BCUT2D eigenvalue weighted by Gasteiger charge is 2.18. The van der Waals surface area contributed by atoms with Crippen molar-refractivity contribution in [2.75, 3.05) is 19.6 Å². The molecule has 0 spiro atoms. The predicted octanol–water partition coefficient (Wildman–Crippen LogP) is 2.26. The van der Waals surface area contributed by atoms with E-state index in [4.69, 9.17) is 4.42 Å². The largest absolute Gasteiger partial charge is 0.444 e. The van der Waals surface area contributed by atoms with Crippen LogP contribution in [0.15, 0.2) is 4.42 Å². The molecule has 0 amide bonds. The summed E-state index contributed by atoms with van der Waals surface area (Å²) in [5.41, 5.74) is 1.00. The van der Waals surface area contributed by atoms with Crippen molar-refractivity contribution in [1.82, 2.24) is 15.2 Å². The molecule has 0 aromatic carbocycles. The molecular weight excluding hydrogens is 226 g/mol. The van der Waals surface area contributed by atoms with Crippen molar-refractivity contribution in [2.45, 2.75) is 52.6 Å². The Balaban J connectivity index is 1.72. The lowest BCUT2D eigenvalue weighted by atomic mass is 10.1. The molecule has 4 nitrogen and oxygen atoms in total. The zero-order valence-corrected chi connectivity index (χ0v) is 11.8. The third-order valence-corrected chi connectivity index (χ3v) is 3.74. The van der Waals surface area contributed by atoms with Crippen molar-refractivity contribution in [1.29, 1.82) is 0 Å². The van der Waals surface area contributed by atoms with Crippen molar-refractivity contribution < 1.29 is 4.42 Å². The third-order valence-electron chi connectivity index (χ3n) is 3.74. The second-order valence-electron chi connectivity index (χ2n) is 5.25. The van der Waals surface area contributed by atoms with Crippen LogP contribution in [-0.4, -0.2) is 35.6 Å². The molecule has 1 N–H and O–H groups in total. The number of nitrogens with one attached hydrogen (secondary N) is 1. The number of oxazole rings is 1. The van der Waals surface area contributed by atoms with Gasteiger partial charge >= 0.3 is 0 Å². The topological polar surface area (TPSA) is 41.3 Å². The minimum atomic E-state index is 0.616. The number of rotatable bonds is 5. The van der Waals surface area contributed by atoms with Gasteiger partial charge in [0, 0.05) is 6.04 Å². The van der Waals surface area contributed by atoms with Crippen molar-refractivity contribution in [2.24, 2.45) is 0 Å². The Morgan fingerprint density at radius 2 is 2.06 bits per heavy atom. The van der Waals surface area contributed by atoms with Crippen LogP contribution in [0.3, 0.4) is 0 Å². The Hall–Kier alpha value is -0.870. The molecule has 4 heteroatoms. The summed E-state index contributed by atoms with van der Waals surface area (Å²) in [7, 11) is 0. The zero-order chi connectivity index (χ0) is 13.0. The van der Waals surface area contributed by atoms with Gasteiger partial charge in [0.2, 0.25) is 5.89 Å². The molecule has 2 rings (SSSR count). The summed E-state index contributed by atoms with van der Waals surface area (Å²) in [6.45, 7) is 10.6. The first-order chi connectivity index (χ1) is 8.69. The van der Waals surface area contributed by atoms with Crippen LogP contribution in [-0.2, 0) is 6.54 Å². The average molecular weight is 251 g/mol. The van der Waals surface area contributed by atoms with Crippen LogP contribution in [0.25, 0.3) is 0 Å². The van der Waals surface area contributed by atoms with Gasteiger partial charge in [-0.1, -0.05) is 6.92 Å². The van der Waals surface area contributed by atoms with Gasteiger partial charge in [-0.3, -0.25) is 0 Å². The Morgan fingerprint density at radius 1 is 1.33 bits per heavy atom. The summed E-state index contributed by atoms with van der Waals surface area (Å²) in [5, 5.41) is 3.56. The maximum atomic E-state index is 5.58. The molecule has 1 aliphatic rings. The molecule has 2 heterocycles. The van der Waals surface area contributed by atoms with Gasteiger partial charge in [0.25, 0.3) is 0 Å². The van der Waals surface area contributed by atoms with E-state index in [0.29, 0.717) is 6.04 Å². The summed E-state index contributed by atoms with van der Waals surface area (Å²) in [6.07, 6.45) is 3.73. The predicted molar refractivity (Wildman–Crippen MR) is 72.6 cm³/mol. The Labute approximate surface area is 110 Å². The Bertz CT molecular complexity index is 348. The van der Waals surface area contributed by atoms with E-state index in [-0.39, 0.29) is 0 Å². The highest BCUT2D eigenvalue weighted by Crippen LogP contribution is 2.12. The highest BCUT2D eigenvalue weighted by atomic mass is 16.4. The molecule has 1 aromatic rings. The van der Waals surface area contributed by atoms with Crippen LogP contribution in [0, 0.1) is 13.8 Å². The monoisotopic (exact) mass is 251 g/mol. The summed E-state index contributed by atoms with van der Waals surface area (Å²) in [6, 6.07) is 0.616. The number of aromatic nitrogens is 1. The maximum absolute atomic E-state index is 5.58. The van der Waals surface area contributed by atoms with Crippen LogP contribution < -0.4 is 5.32 Å². The van der Waals surface area contributed by atoms with E-state index in [0.717, 1.165) is 23.9 Å². The molecular formula is C14H25N3O. The molecule has 0 bridgehead atoms. The molecule has 1 saturated heterocycles. The van der Waals surface area contributed by atoms with Gasteiger partial charge in [-0.25, -0.2) is 4.98 Å². The second-order valence-corrected chi connectivity index (χ2v) is 5.25. The van der Waals surface area contributed by atoms with Crippen LogP contribution in [0.5, 0.6) is 0 Å². The standard InChI is InChI=1S/C14H25N3O/c1-4-7-17-8-5-13(6-9-17)15-10-14-16-11(2)12(3)18-14/h13,15H,4-10H2,1-3H3. The van der Waals surface area contributed by atoms with Gasteiger partial charge in [0.05, 0.1) is 12.2 Å². The molecule has 0 aliphatic carbocycles. The number of likely N-dealkylation sites (tertiary alicyclic amines) is 1. The SMILES string of the molecule is CCCN1CCC(NCc2nc(C)c(C)o2)CC1. The van der Waals surface area contributed by atoms with E-state index in [1.54, 1.807) is 0 Å². The van der Waals surface area contributed by atoms with E-state index in [2.05, 4.69) is 22.1 Å². The lowest BCUT2D eigenvalue weighted by Crippen LogP contribution is -2.42. The number of aryl methyl sites for hydroxylation is 2. The van der Waals surface area contributed by atoms with E-state index < -0.39 is 0 Å². The fourth-order valence-corrected chi connectivity index (χ4v) is 2.52. The molecule has 1 aliphatic heterocycles. The smallest absolute Gasteiger partial charge is 0.208 e. The first-order valence-electron chi connectivity index (χ1n) is 7.07. The summed E-state index contributed by atoms with van der Waals surface area (Å²) in [5.74, 6) is 1.76. The molecule has 1 aromatic heterocycles. The molecule has 0 unspecified atom stereocenters. The van der Waals surface area contributed by atoms with Crippen LogP contribution in [0.1, 0.15) is 43.5 Å². The van der Waals surface area contributed by atoms with Gasteiger partial charge in [-0.15, -0.1) is 0 Å². The molecule has 18 heavy (non-hydrogen) atoms. The van der Waals surface area contributed by atoms with Crippen LogP contribution in [0.4, 0.5) is 0 Å². The molecule has 1 fully saturated rings. The first-order valence-corrected chi connectivity index (χ1v) is 7.07. The summed E-state index contributed by atoms with van der Waals surface area (Å²) < 4.78 is 5.58. The van der Waals surface area contributed by atoms with Gasteiger partial charge < -0.3 is 14.6 Å². The molecule has 102 valence electrons. The second kappa shape index (κ2) is 6.34. The maximum Gasteiger partial charge on any atom is 0.208 e. The van der Waals surface area contributed by atoms with Crippen molar-refractivity contribution in [3.05, 3.63) is 17.3 Å². The van der Waals surface area contributed by atoms with Gasteiger partial charge in [0.1, 0.15) is 5.76 Å². The van der Waals surface area contributed by atoms with E-state index in [1.165, 1.54) is 38.9 Å². The van der Waals surface area contributed by atoms with Gasteiger partial charge in [-0.2, -0.15) is 0 Å². The molecule has 0 atom stereocenters. The number of nitrogens with zero attached hydrogens (tertiary/aromatic N) is 2. The minimum Gasteiger partial charge on any atom is -0.444 e. The number of piperidine rings is 1. The average Bonchev–Trinajstić information content (AvgIpc) is 2.68. The van der Waals surface area contributed by atoms with E-state index >= 15 is 0 Å². The third kappa shape index (κ3) is 3.56. The highest BCUT2D eigenvalue weighted by molar-refractivity contribution is 5.05. The van der Waals surface area contributed by atoms with E-state index in [1.807, 2.05) is 13.8 Å². The number of hydrogen-bond acceptors (Lipinski definition) is 4.